The molecule has 38 heavy (non-hydrogen) atoms. The van der Waals surface area contributed by atoms with Crippen LogP contribution in [0.2, 0.25) is 0 Å². The zero-order valence-corrected chi connectivity index (χ0v) is 22.7. The molecule has 1 aliphatic heterocycles. The molecule has 0 aliphatic carbocycles. The number of nitrogens with zero attached hydrogens (tertiary/aromatic N) is 5. The van der Waals surface area contributed by atoms with Crippen LogP contribution in [-0.4, -0.2) is 69.0 Å². The predicted molar refractivity (Wildman–Crippen MR) is 144 cm³/mol. The number of amides is 1. The van der Waals surface area contributed by atoms with Crippen molar-refractivity contribution in [1.82, 2.24) is 19.9 Å². The Morgan fingerprint density at radius 2 is 1.87 bits per heavy atom. The highest BCUT2D eigenvalue weighted by Gasteiger charge is 2.26. The fourth-order valence-electron chi connectivity index (χ4n) is 4.66. The highest BCUT2D eigenvalue weighted by Crippen LogP contribution is 2.29. The van der Waals surface area contributed by atoms with Crippen LogP contribution in [0.3, 0.4) is 0 Å². The number of carboxylic acid groups (broad SMARTS) is 1. The molecule has 0 saturated carbocycles. The molecular formula is C29H35N5O4. The number of hydrogen-bond donors (Lipinski definition) is 1. The smallest absolute Gasteiger partial charge is 0.407 e. The van der Waals surface area contributed by atoms with Gasteiger partial charge in [-0.2, -0.15) is 10.2 Å². The molecule has 2 heterocycles. The summed E-state index contributed by atoms with van der Waals surface area (Å²) in [6.45, 7) is 12.5. The second-order valence-corrected chi connectivity index (χ2v) is 10.8. The zero-order chi connectivity index (χ0) is 27.4. The lowest BCUT2D eigenvalue weighted by atomic mass is 10.00. The number of benzene rings is 2. The average Bonchev–Trinajstić information content (AvgIpc) is 3.26. The van der Waals surface area contributed by atoms with Gasteiger partial charge in [-0.1, -0.05) is 17.3 Å². The van der Waals surface area contributed by atoms with E-state index in [1.165, 1.54) is 16.0 Å². The van der Waals surface area contributed by atoms with Crippen molar-refractivity contribution in [3.63, 3.8) is 0 Å². The molecule has 0 fully saturated rings. The number of rotatable bonds is 7. The van der Waals surface area contributed by atoms with E-state index >= 15 is 0 Å². The highest BCUT2D eigenvalue weighted by molar-refractivity contribution is 5.66. The molecule has 0 unspecified atom stereocenters. The Hall–Kier alpha value is -3.90. The van der Waals surface area contributed by atoms with Crippen molar-refractivity contribution < 1.29 is 19.2 Å². The first-order chi connectivity index (χ1) is 18.0. The molecule has 1 N–H and O–H groups in total. The Bertz CT molecular complexity index is 1340. The molecule has 1 aliphatic rings. The first-order valence-corrected chi connectivity index (χ1v) is 12.9. The van der Waals surface area contributed by atoms with Gasteiger partial charge >= 0.3 is 6.09 Å². The van der Waals surface area contributed by atoms with Crippen molar-refractivity contribution in [2.45, 2.75) is 59.1 Å². The van der Waals surface area contributed by atoms with Crippen LogP contribution < -0.4 is 4.74 Å². The van der Waals surface area contributed by atoms with Crippen LogP contribution in [0.4, 0.5) is 4.79 Å². The third-order valence-electron chi connectivity index (χ3n) is 6.68. The van der Waals surface area contributed by atoms with Crippen LogP contribution in [0.25, 0.3) is 22.8 Å². The zero-order valence-electron chi connectivity index (χ0n) is 22.7. The summed E-state index contributed by atoms with van der Waals surface area (Å²) in [5.74, 6) is 1.36. The van der Waals surface area contributed by atoms with Crippen molar-refractivity contribution in [3.05, 3.63) is 53.1 Å². The van der Waals surface area contributed by atoms with Crippen LogP contribution in [0.1, 0.15) is 51.3 Å². The van der Waals surface area contributed by atoms with Crippen molar-refractivity contribution in [3.8, 4) is 34.7 Å². The molecule has 2 aromatic carbocycles. The lowest BCUT2D eigenvalue weighted by molar-refractivity contribution is 0.0913. The van der Waals surface area contributed by atoms with Gasteiger partial charge in [-0.25, -0.2) is 4.79 Å². The summed E-state index contributed by atoms with van der Waals surface area (Å²) in [4.78, 5) is 20.1. The van der Waals surface area contributed by atoms with Gasteiger partial charge in [-0.3, -0.25) is 0 Å². The van der Waals surface area contributed by atoms with E-state index in [2.05, 4.69) is 33.2 Å². The van der Waals surface area contributed by atoms with E-state index in [0.29, 0.717) is 41.7 Å². The van der Waals surface area contributed by atoms with Gasteiger partial charge in [0.25, 0.3) is 5.89 Å². The van der Waals surface area contributed by atoms with E-state index < -0.39 is 11.6 Å². The Morgan fingerprint density at radius 3 is 2.53 bits per heavy atom. The molecule has 0 spiro atoms. The molecular weight excluding hydrogens is 482 g/mol. The summed E-state index contributed by atoms with van der Waals surface area (Å²) in [5, 5.41) is 23.3. The minimum atomic E-state index is -0.886. The minimum absolute atomic E-state index is 0.0360. The molecule has 3 aromatic rings. The highest BCUT2D eigenvalue weighted by atomic mass is 16.5. The number of ether oxygens (including phenoxy) is 1. The molecule has 0 saturated heterocycles. The lowest BCUT2D eigenvalue weighted by Crippen LogP contribution is -2.48. The molecule has 1 aromatic heterocycles. The van der Waals surface area contributed by atoms with Gasteiger partial charge in [-0.05, 0) is 82.9 Å². The van der Waals surface area contributed by atoms with Gasteiger partial charge < -0.3 is 24.2 Å². The van der Waals surface area contributed by atoms with Crippen LogP contribution in [0.15, 0.2) is 40.9 Å². The molecule has 9 nitrogen and oxygen atoms in total. The minimum Gasteiger partial charge on any atom is -0.490 e. The third kappa shape index (κ3) is 6.32. The fraction of sp³-hybridized carbons (Fsp3) is 0.448. The maximum absolute atomic E-state index is 11.7. The Morgan fingerprint density at radius 1 is 1.16 bits per heavy atom. The molecule has 0 radical (unpaired) electrons. The standard InChI is InChI=1S/C29H35N5O4/c1-19(2)37-25-9-8-23(17-24(25)18-30)27-31-26(32-38-27)22-7-6-20-10-12-33(13-11-21(20)16-22)14-15-34(28(35)36)29(3,4)5/h6-9,16-17,19H,10-15H2,1-5H3,(H,35,36). The normalized spacial score (nSPS) is 14.0. The SMILES string of the molecule is CC(C)Oc1ccc(-c2nc(-c3ccc4c(c3)CCN(CCN(C(=O)O)C(C)(C)C)CC4)no2)cc1C#N. The van der Waals surface area contributed by atoms with Gasteiger partial charge in [0, 0.05) is 42.8 Å². The monoisotopic (exact) mass is 517 g/mol. The van der Waals surface area contributed by atoms with Crippen LogP contribution in [0, 0.1) is 11.3 Å². The molecule has 0 bridgehead atoms. The predicted octanol–water partition coefficient (Wildman–Crippen LogP) is 5.24. The molecule has 1 amide bonds. The number of hydrogen-bond acceptors (Lipinski definition) is 7. The summed E-state index contributed by atoms with van der Waals surface area (Å²) in [5.41, 5.74) is 4.04. The quantitative estimate of drug-likeness (QED) is 0.452. The molecule has 9 heteroatoms. The Kier molecular flexibility index (Phi) is 8.02. The van der Waals surface area contributed by atoms with Crippen molar-refractivity contribution in [2.24, 2.45) is 0 Å². The molecule has 200 valence electrons. The summed E-state index contributed by atoms with van der Waals surface area (Å²) >= 11 is 0. The lowest BCUT2D eigenvalue weighted by Gasteiger charge is -2.34. The Balaban J connectivity index is 1.46. The first-order valence-electron chi connectivity index (χ1n) is 12.9. The van der Waals surface area contributed by atoms with Crippen molar-refractivity contribution in [1.29, 1.82) is 5.26 Å². The van der Waals surface area contributed by atoms with E-state index in [0.717, 1.165) is 31.5 Å². The average molecular weight is 518 g/mol. The van der Waals surface area contributed by atoms with E-state index in [-0.39, 0.29) is 6.10 Å². The number of nitriles is 1. The first kappa shape index (κ1) is 27.1. The van der Waals surface area contributed by atoms with Crippen molar-refractivity contribution >= 4 is 6.09 Å². The number of fused-ring (bicyclic) bond motifs is 1. The fourth-order valence-corrected chi connectivity index (χ4v) is 4.66. The van der Waals surface area contributed by atoms with Crippen LogP contribution in [-0.2, 0) is 12.8 Å². The second kappa shape index (κ2) is 11.2. The second-order valence-electron chi connectivity index (χ2n) is 10.8. The number of carbonyl (C=O) groups is 1. The van der Waals surface area contributed by atoms with Gasteiger partial charge in [0.1, 0.15) is 11.8 Å². The summed E-state index contributed by atoms with van der Waals surface area (Å²) in [6, 6.07) is 13.7. The molecule has 4 rings (SSSR count). The summed E-state index contributed by atoms with van der Waals surface area (Å²) in [7, 11) is 0. The maximum atomic E-state index is 11.7. The Labute approximate surface area is 223 Å². The summed E-state index contributed by atoms with van der Waals surface area (Å²) < 4.78 is 11.2. The van der Waals surface area contributed by atoms with E-state index in [1.54, 1.807) is 12.1 Å². The van der Waals surface area contributed by atoms with Crippen LogP contribution >= 0.6 is 0 Å². The third-order valence-corrected chi connectivity index (χ3v) is 6.68. The summed E-state index contributed by atoms with van der Waals surface area (Å²) in [6.07, 6.45) is 0.839. The van der Waals surface area contributed by atoms with Gasteiger partial charge in [0.2, 0.25) is 5.82 Å². The van der Waals surface area contributed by atoms with E-state index in [9.17, 15) is 15.2 Å². The topological polar surface area (TPSA) is 116 Å². The van der Waals surface area contributed by atoms with E-state index in [4.69, 9.17) is 9.26 Å². The van der Waals surface area contributed by atoms with Gasteiger partial charge in [0.05, 0.1) is 11.7 Å². The molecule has 0 atom stereocenters. The van der Waals surface area contributed by atoms with Gasteiger partial charge in [-0.15, -0.1) is 0 Å². The maximum Gasteiger partial charge on any atom is 0.407 e. The largest absolute Gasteiger partial charge is 0.490 e. The van der Waals surface area contributed by atoms with Crippen molar-refractivity contribution in [2.75, 3.05) is 26.2 Å². The van der Waals surface area contributed by atoms with Gasteiger partial charge in [0.15, 0.2) is 0 Å². The van der Waals surface area contributed by atoms with Crippen LogP contribution in [0.5, 0.6) is 5.75 Å². The van der Waals surface area contributed by atoms with E-state index in [1.807, 2.05) is 46.8 Å². The number of aromatic nitrogens is 2.